The van der Waals surface area contributed by atoms with Crippen LogP contribution in [0, 0.1) is 5.41 Å². The van der Waals surface area contributed by atoms with E-state index in [0.717, 1.165) is 17.6 Å². The van der Waals surface area contributed by atoms with Gasteiger partial charge in [0.2, 0.25) is 0 Å². The molecule has 2 nitrogen and oxygen atoms in total. The molecule has 1 aliphatic carbocycles. The van der Waals surface area contributed by atoms with Gasteiger partial charge in [0.05, 0.1) is 0 Å². The zero-order chi connectivity index (χ0) is 18.9. The molecule has 3 atom stereocenters. The average Bonchev–Trinajstić information content (AvgIpc) is 2.47. The fraction of sp³-hybridized carbons (Fsp3) is 1.00. The molecule has 23 heavy (non-hydrogen) atoms. The molecule has 1 saturated carbocycles. The van der Waals surface area contributed by atoms with E-state index in [1.165, 1.54) is 47.1 Å². The molecular formula is C18H41O2P2Ti. The second-order valence-electron chi connectivity index (χ2n) is 6.64. The Morgan fingerprint density at radius 3 is 1.65 bits per heavy atom. The van der Waals surface area contributed by atoms with Crippen LogP contribution in [0.1, 0.15) is 80.1 Å². The maximum atomic E-state index is 9.53. The van der Waals surface area contributed by atoms with Gasteiger partial charge in [0, 0.05) is 0 Å². The van der Waals surface area contributed by atoms with Crippen molar-refractivity contribution in [3.05, 3.63) is 0 Å². The van der Waals surface area contributed by atoms with Gasteiger partial charge in [0.1, 0.15) is 0 Å². The van der Waals surface area contributed by atoms with Crippen molar-refractivity contribution >= 4 is 15.2 Å². The molecule has 139 valence electrons. The zero-order valence-electron chi connectivity index (χ0n) is 16.8. The van der Waals surface area contributed by atoms with Gasteiger partial charge in [0.25, 0.3) is 0 Å². The Hall–Kier alpha value is 1.49. The third kappa shape index (κ3) is 23.5. The fourth-order valence-corrected chi connectivity index (χ4v) is 3.72. The molecule has 1 fully saturated rings. The molecule has 0 amide bonds. The van der Waals surface area contributed by atoms with Crippen LogP contribution in [-0.2, 0) is 19.9 Å². The predicted octanol–water partition coefficient (Wildman–Crippen LogP) is 4.31. The molecule has 5 heteroatoms. The van der Waals surface area contributed by atoms with Crippen LogP contribution >= 0.6 is 15.2 Å². The Morgan fingerprint density at radius 1 is 1.04 bits per heavy atom. The van der Waals surface area contributed by atoms with Crippen LogP contribution in [-0.4, -0.2) is 31.2 Å². The quantitative estimate of drug-likeness (QED) is 0.525. The van der Waals surface area contributed by atoms with Crippen molar-refractivity contribution in [1.29, 1.82) is 0 Å². The first-order valence-corrected chi connectivity index (χ1v) is 14.4. The van der Waals surface area contributed by atoms with Crippen LogP contribution in [0.25, 0.3) is 0 Å². The third-order valence-corrected chi connectivity index (χ3v) is 5.16. The molecule has 3 unspecified atom stereocenters. The Balaban J connectivity index is -0.000000301. The monoisotopic (exact) mass is 399 g/mol. The topological polar surface area (TPSA) is 46.1 Å². The molecule has 0 radical (unpaired) electrons. The van der Waals surface area contributed by atoms with Gasteiger partial charge in [-0.1, -0.05) is 60.8 Å². The van der Waals surface area contributed by atoms with Gasteiger partial charge in [0.15, 0.2) is 0 Å². The van der Waals surface area contributed by atoms with Crippen LogP contribution in [0.3, 0.4) is 0 Å². The molecular weight excluding hydrogens is 358 g/mol. The molecule has 0 bridgehead atoms. The van der Waals surface area contributed by atoms with Gasteiger partial charge in [-0.05, 0) is 37.0 Å². The average molecular weight is 399 g/mol. The van der Waals surface area contributed by atoms with Crippen molar-refractivity contribution in [1.82, 2.24) is 0 Å². The second kappa shape index (κ2) is 19.8. The van der Waals surface area contributed by atoms with Gasteiger partial charge in [-0.3, -0.25) is 0 Å². The first-order chi connectivity index (χ1) is 10.6. The Kier molecular flexibility index (Phi) is 25.2. The summed E-state index contributed by atoms with van der Waals surface area (Å²) in [6, 6.07) is 0. The van der Waals surface area contributed by atoms with Crippen LogP contribution in [0.15, 0.2) is 0 Å². The first kappa shape index (κ1) is 29.3. The molecule has 0 N–H and O–H groups in total. The minimum atomic E-state index is -0.417. The summed E-state index contributed by atoms with van der Waals surface area (Å²) in [7, 11) is 1.18. The van der Waals surface area contributed by atoms with Crippen molar-refractivity contribution in [3.63, 3.8) is 0 Å². The first-order valence-electron chi connectivity index (χ1n) is 8.96. The van der Waals surface area contributed by atoms with Crippen molar-refractivity contribution in [2.45, 2.75) is 97.9 Å². The normalized spacial score (nSPS) is 20.0. The summed E-state index contributed by atoms with van der Waals surface area (Å²) < 4.78 is 0. The molecule has 0 saturated heterocycles. The molecule has 0 heterocycles. The summed E-state index contributed by atoms with van der Waals surface area (Å²) in [6.07, 6.45) is 8.01. The van der Waals surface area contributed by atoms with Crippen molar-refractivity contribution in [2.75, 3.05) is 13.3 Å². The van der Waals surface area contributed by atoms with Gasteiger partial charge >= 0.3 is 33.2 Å². The van der Waals surface area contributed by atoms with Gasteiger partial charge in [-0.15, -0.1) is 20.8 Å². The summed E-state index contributed by atoms with van der Waals surface area (Å²) in [5.41, 5.74) is 1.81. The summed E-state index contributed by atoms with van der Waals surface area (Å²) in [6.45, 7) is 16.8. The second-order valence-corrected chi connectivity index (χ2v) is 10.9. The van der Waals surface area contributed by atoms with Crippen molar-refractivity contribution < 1.29 is 30.1 Å². The van der Waals surface area contributed by atoms with E-state index in [1.54, 1.807) is 27.7 Å². The summed E-state index contributed by atoms with van der Waals surface area (Å²) in [5.74, 6) is 0. The van der Waals surface area contributed by atoms with Crippen LogP contribution in [0.4, 0.5) is 0 Å². The SMILES string of the molecule is CC(C)[O-].CC(C)[O-].CCC1(CC)CCCC(PC)C1.C[PH][Ti+2]. The van der Waals surface area contributed by atoms with Gasteiger partial charge in [-0.25, -0.2) is 0 Å². The van der Waals surface area contributed by atoms with E-state index in [-0.39, 0.29) is 0 Å². The molecule has 0 aromatic carbocycles. The summed E-state index contributed by atoms with van der Waals surface area (Å²) >= 11 is 2.15. The van der Waals surface area contributed by atoms with Crippen LogP contribution in [0.5, 0.6) is 0 Å². The van der Waals surface area contributed by atoms with E-state index in [9.17, 15) is 10.2 Å². The van der Waals surface area contributed by atoms with E-state index >= 15 is 0 Å². The van der Waals surface area contributed by atoms with Gasteiger partial charge < -0.3 is 10.2 Å². The van der Waals surface area contributed by atoms with Crippen LogP contribution in [0.2, 0.25) is 0 Å². The van der Waals surface area contributed by atoms with Crippen LogP contribution < -0.4 is 10.2 Å². The number of hydrogen-bond donors (Lipinski definition) is 0. The standard InChI is InChI=1S/C11H23P.2C3H7O.CH4P.Ti/c1-4-11(5-2)8-6-7-10(9-11)12-3;2*1-3(2)4;1-2;/h10,12H,4-9H2,1-3H3;2*3H,1-2H3;2H,1H3;/q;3*-1;+3. The zero-order valence-corrected chi connectivity index (χ0v) is 20.4. The molecule has 1 aliphatic rings. The number of rotatable bonds is 3. The predicted molar refractivity (Wildman–Crippen MR) is 104 cm³/mol. The molecule has 1 rings (SSSR count). The molecule has 0 spiro atoms. The third-order valence-electron chi connectivity index (χ3n) is 3.85. The Morgan fingerprint density at radius 2 is 1.39 bits per heavy atom. The van der Waals surface area contributed by atoms with E-state index < -0.39 is 12.2 Å². The molecule has 0 aromatic rings. The van der Waals surface area contributed by atoms with E-state index in [4.69, 9.17) is 0 Å². The van der Waals surface area contributed by atoms with Crippen molar-refractivity contribution in [3.8, 4) is 0 Å². The van der Waals surface area contributed by atoms with Crippen molar-refractivity contribution in [2.24, 2.45) is 5.41 Å². The van der Waals surface area contributed by atoms with E-state index in [2.05, 4.69) is 47.1 Å². The maximum absolute atomic E-state index is 9.53. The fourth-order valence-electron chi connectivity index (χ4n) is 2.59. The Bertz CT molecular complexity index is 212. The number of hydrogen-bond acceptors (Lipinski definition) is 2. The summed E-state index contributed by atoms with van der Waals surface area (Å²) in [5, 5.41) is 19.1. The molecule has 0 aliphatic heterocycles. The van der Waals surface area contributed by atoms with E-state index in [0.29, 0.717) is 0 Å². The van der Waals surface area contributed by atoms with E-state index in [1.807, 2.05) is 0 Å². The molecule has 0 aromatic heterocycles. The van der Waals surface area contributed by atoms with Gasteiger partial charge in [-0.2, -0.15) is 0 Å². The Labute approximate surface area is 161 Å². The summed E-state index contributed by atoms with van der Waals surface area (Å²) in [4.78, 5) is 0. The minimum absolute atomic E-state index is 0.417.